The van der Waals surface area contributed by atoms with Crippen molar-refractivity contribution in [1.82, 2.24) is 10.6 Å². The van der Waals surface area contributed by atoms with Gasteiger partial charge in [-0.3, -0.25) is 0 Å². The van der Waals surface area contributed by atoms with E-state index >= 15 is 0 Å². The van der Waals surface area contributed by atoms with E-state index in [1.165, 1.54) is 48.5 Å². The van der Waals surface area contributed by atoms with Gasteiger partial charge in [-0.1, -0.05) is 0 Å². The second-order valence-corrected chi connectivity index (χ2v) is 15.3. The molecule has 0 unspecified atom stereocenters. The number of carbonyl (C=O) groups excluding carboxylic acids is 2. The standard InChI is InChI=1S/C22H24N6O8Se2/c29-21(19(25-31)13-15-1-5-17(6-2-15)27(33)34)23-9-11-37-38-12-10-24-22(30)20(26-32)14-16-3-7-18(8-4-16)28(35)36/h1-8,31-32H,9-14H2,(H,23,29)(H,24,30)/b25-19+,26-20+. The zero-order valence-electron chi connectivity index (χ0n) is 19.8. The van der Waals surface area contributed by atoms with Gasteiger partial charge in [0, 0.05) is 0 Å². The quantitative estimate of drug-likeness (QED) is 0.0547. The molecule has 2 rings (SSSR count). The molecule has 38 heavy (non-hydrogen) atoms. The van der Waals surface area contributed by atoms with Gasteiger partial charge < -0.3 is 0 Å². The average molecular weight is 658 g/mol. The number of hydrogen-bond donors (Lipinski definition) is 4. The summed E-state index contributed by atoms with van der Waals surface area (Å²) in [6, 6.07) is 11.2. The third kappa shape index (κ3) is 10.3. The third-order valence-corrected chi connectivity index (χ3v) is 12.2. The number of hydrogen-bond acceptors (Lipinski definition) is 10. The Hall–Kier alpha value is -3.84. The molecule has 0 saturated heterocycles. The van der Waals surface area contributed by atoms with Gasteiger partial charge in [-0.25, -0.2) is 0 Å². The van der Waals surface area contributed by atoms with Crippen LogP contribution in [0.15, 0.2) is 58.8 Å². The van der Waals surface area contributed by atoms with Gasteiger partial charge in [-0.15, -0.1) is 0 Å². The molecule has 0 saturated carbocycles. The van der Waals surface area contributed by atoms with Crippen LogP contribution in [0.25, 0.3) is 0 Å². The van der Waals surface area contributed by atoms with E-state index < -0.39 is 21.7 Å². The molecule has 0 aromatic heterocycles. The maximum atomic E-state index is 12.2. The van der Waals surface area contributed by atoms with Gasteiger partial charge in [0.2, 0.25) is 0 Å². The first-order valence-corrected chi connectivity index (χ1v) is 17.7. The SMILES string of the molecule is O=C(NCC[Se][Se]CCNC(=O)/C(Cc1ccc([N+](=O)[O-])cc1)=N/O)/C(Cc1ccc([N+](=O)[O-])cc1)=N/O. The average Bonchev–Trinajstić information content (AvgIpc) is 2.91. The minimum atomic E-state index is -0.528. The van der Waals surface area contributed by atoms with Gasteiger partial charge in [0.15, 0.2) is 0 Å². The predicted molar refractivity (Wildman–Crippen MR) is 139 cm³/mol. The maximum absolute atomic E-state index is 12.2. The Kier molecular flexibility index (Phi) is 12.9. The molecule has 202 valence electrons. The Morgan fingerprint density at radius 3 is 1.34 bits per heavy atom. The molecule has 0 aliphatic heterocycles. The molecule has 2 aromatic carbocycles. The summed E-state index contributed by atoms with van der Waals surface area (Å²) >= 11 is 0.485. The normalized spacial score (nSPS) is 11.6. The number of oxime groups is 2. The summed E-state index contributed by atoms with van der Waals surface area (Å²) in [6.07, 6.45) is 0.0524. The van der Waals surface area contributed by atoms with Crippen molar-refractivity contribution in [3.8, 4) is 0 Å². The van der Waals surface area contributed by atoms with Gasteiger partial charge in [-0.2, -0.15) is 0 Å². The topological polar surface area (TPSA) is 210 Å². The first-order chi connectivity index (χ1) is 18.2. The molecule has 0 bridgehead atoms. The summed E-state index contributed by atoms with van der Waals surface area (Å²) in [5, 5.41) is 52.7. The van der Waals surface area contributed by atoms with Gasteiger partial charge in [0.25, 0.3) is 0 Å². The Balaban J connectivity index is 1.62. The predicted octanol–water partition coefficient (Wildman–Crippen LogP) is 1.34. The van der Waals surface area contributed by atoms with Crippen LogP contribution in [0, 0.1) is 20.2 Å². The Morgan fingerprint density at radius 2 is 1.05 bits per heavy atom. The molecule has 0 radical (unpaired) electrons. The van der Waals surface area contributed by atoms with E-state index in [4.69, 9.17) is 10.4 Å². The molecule has 2 aromatic rings. The van der Waals surface area contributed by atoms with Gasteiger partial charge in [0.1, 0.15) is 0 Å². The molecular formula is C22H24N6O8Se2. The van der Waals surface area contributed by atoms with Crippen LogP contribution in [0.5, 0.6) is 0 Å². The van der Waals surface area contributed by atoms with Gasteiger partial charge in [-0.05, 0) is 0 Å². The molecule has 0 aliphatic rings. The van der Waals surface area contributed by atoms with E-state index in [-0.39, 0.29) is 61.9 Å². The van der Waals surface area contributed by atoms with E-state index in [9.17, 15) is 29.8 Å². The number of non-ortho nitro benzene ring substituents is 2. The molecule has 4 N–H and O–H groups in total. The van der Waals surface area contributed by atoms with Crippen LogP contribution in [0.3, 0.4) is 0 Å². The van der Waals surface area contributed by atoms with Crippen molar-refractivity contribution in [2.45, 2.75) is 23.5 Å². The van der Waals surface area contributed by atoms with Crippen LogP contribution in [-0.4, -0.2) is 82.9 Å². The van der Waals surface area contributed by atoms with Crippen molar-refractivity contribution in [3.63, 3.8) is 0 Å². The minimum absolute atomic E-state index is 0.0262. The summed E-state index contributed by atoms with van der Waals surface area (Å²) < 4.78 is 0. The van der Waals surface area contributed by atoms with Crippen LogP contribution in [0.4, 0.5) is 11.4 Å². The zero-order chi connectivity index (χ0) is 27.9. The van der Waals surface area contributed by atoms with E-state index in [1.54, 1.807) is 0 Å². The fourth-order valence-corrected chi connectivity index (χ4v) is 8.57. The van der Waals surface area contributed by atoms with Crippen LogP contribution in [0.2, 0.25) is 10.6 Å². The van der Waals surface area contributed by atoms with Gasteiger partial charge in [0.05, 0.1) is 0 Å². The number of nitrogens with one attached hydrogen (secondary N) is 2. The van der Waals surface area contributed by atoms with Crippen molar-refractivity contribution in [1.29, 1.82) is 0 Å². The zero-order valence-corrected chi connectivity index (χ0v) is 23.2. The number of nitrogens with zero attached hydrogens (tertiary/aromatic N) is 4. The Bertz CT molecular complexity index is 1100. The molecule has 16 heteroatoms. The molecule has 0 atom stereocenters. The Morgan fingerprint density at radius 1 is 0.711 bits per heavy atom. The second kappa shape index (κ2) is 16.1. The molecule has 14 nitrogen and oxygen atoms in total. The molecule has 0 spiro atoms. The number of nitro groups is 2. The van der Waals surface area contributed by atoms with Crippen LogP contribution >= 0.6 is 0 Å². The second-order valence-electron chi connectivity index (χ2n) is 7.45. The van der Waals surface area contributed by atoms with Crippen LogP contribution < -0.4 is 10.6 Å². The first kappa shape index (κ1) is 30.4. The van der Waals surface area contributed by atoms with Crippen molar-refractivity contribution in [2.75, 3.05) is 13.1 Å². The molecule has 0 aliphatic carbocycles. The fraction of sp³-hybridized carbons (Fsp3) is 0.273. The fourth-order valence-electron chi connectivity index (χ4n) is 2.91. The monoisotopic (exact) mass is 660 g/mol. The number of carbonyl (C=O) groups is 2. The van der Waals surface area contributed by atoms with Crippen LogP contribution in [0.1, 0.15) is 11.1 Å². The summed E-state index contributed by atoms with van der Waals surface area (Å²) in [5.41, 5.74) is 0.831. The van der Waals surface area contributed by atoms with E-state index in [0.717, 1.165) is 10.6 Å². The van der Waals surface area contributed by atoms with Crippen molar-refractivity contribution < 1.29 is 29.9 Å². The van der Waals surface area contributed by atoms with Gasteiger partial charge >= 0.3 is 228 Å². The van der Waals surface area contributed by atoms with Crippen molar-refractivity contribution in [2.24, 2.45) is 10.3 Å². The molecule has 2 amide bonds. The summed E-state index contributed by atoms with van der Waals surface area (Å²) in [5.74, 6) is -1.05. The number of benzene rings is 2. The Labute approximate surface area is 227 Å². The van der Waals surface area contributed by atoms with Crippen molar-refractivity contribution >= 4 is 60.9 Å². The molecule has 0 heterocycles. The van der Waals surface area contributed by atoms with E-state index in [2.05, 4.69) is 20.9 Å². The van der Waals surface area contributed by atoms with Crippen molar-refractivity contribution in [3.05, 3.63) is 79.9 Å². The number of rotatable bonds is 15. The summed E-state index contributed by atoms with van der Waals surface area (Å²) in [4.78, 5) is 44.8. The molecular weight excluding hydrogens is 634 g/mol. The van der Waals surface area contributed by atoms with E-state index in [1.807, 2.05) is 0 Å². The van der Waals surface area contributed by atoms with E-state index in [0.29, 0.717) is 24.2 Å². The summed E-state index contributed by atoms with van der Waals surface area (Å²) in [7, 11) is 0. The summed E-state index contributed by atoms with van der Waals surface area (Å²) in [6.45, 7) is 0.783. The van der Waals surface area contributed by atoms with Crippen LogP contribution in [-0.2, 0) is 22.4 Å². The first-order valence-electron chi connectivity index (χ1n) is 10.9. The number of nitro benzene ring substituents is 2. The molecule has 0 fully saturated rings. The third-order valence-electron chi connectivity index (χ3n) is 4.83. The number of amides is 2.